The van der Waals surface area contributed by atoms with Crippen LogP contribution in [0.4, 0.5) is 17.3 Å². The number of nitrogens with zero attached hydrogens (tertiary/aromatic N) is 6. The van der Waals surface area contributed by atoms with Gasteiger partial charge in [-0.3, -0.25) is 14.2 Å². The highest BCUT2D eigenvalue weighted by Crippen LogP contribution is 2.29. The van der Waals surface area contributed by atoms with Gasteiger partial charge < -0.3 is 10.0 Å². The van der Waals surface area contributed by atoms with Crippen molar-refractivity contribution in [1.29, 1.82) is 0 Å². The van der Waals surface area contributed by atoms with Crippen LogP contribution in [0.15, 0.2) is 81.0 Å². The Balaban J connectivity index is 1.58. The van der Waals surface area contributed by atoms with E-state index in [1.165, 1.54) is 15.8 Å². The minimum atomic E-state index is -0.417. The molecule has 0 saturated carbocycles. The molecule has 4 rings (SSSR count). The van der Waals surface area contributed by atoms with Gasteiger partial charge in [-0.1, -0.05) is 46.8 Å². The molecule has 0 aliphatic carbocycles. The van der Waals surface area contributed by atoms with E-state index in [1.54, 1.807) is 13.1 Å². The summed E-state index contributed by atoms with van der Waals surface area (Å²) in [6.07, 6.45) is 3.26. The topological polar surface area (TPSA) is 101 Å². The molecule has 1 aliphatic heterocycles. The molecule has 10 heteroatoms. The van der Waals surface area contributed by atoms with Crippen LogP contribution in [0.1, 0.15) is 19.4 Å². The molecule has 3 aromatic rings. The lowest BCUT2D eigenvalue weighted by Crippen LogP contribution is -2.31. The molecule has 1 aliphatic rings. The van der Waals surface area contributed by atoms with Crippen molar-refractivity contribution in [1.82, 2.24) is 5.27 Å². The molecular weight excluding hydrogens is 464 g/mol. The number of aromatic nitrogens is 2. The van der Waals surface area contributed by atoms with Crippen LogP contribution in [0.25, 0.3) is 6.08 Å². The Morgan fingerprint density at radius 2 is 1.89 bits per heavy atom. The minimum Gasteiger partial charge on any atom is -0.861 e. The lowest BCUT2D eigenvalue weighted by molar-refractivity contribution is -0.739. The van der Waals surface area contributed by atoms with Crippen LogP contribution in [0, 0.1) is 0 Å². The number of carbonyl (C=O) groups excluding carboxylic acids is 1. The van der Waals surface area contributed by atoms with Crippen molar-refractivity contribution in [2.75, 3.05) is 28.6 Å². The Hall–Kier alpha value is -3.92. The first-order valence-corrected chi connectivity index (χ1v) is 12.2. The average molecular weight is 491 g/mol. The number of carbonyl (C=O) groups is 1. The van der Waals surface area contributed by atoms with Gasteiger partial charge in [-0.2, -0.15) is 0 Å². The van der Waals surface area contributed by atoms with E-state index in [1.807, 2.05) is 54.6 Å². The number of rotatable bonds is 8. The second kappa shape index (κ2) is 11.0. The summed E-state index contributed by atoms with van der Waals surface area (Å²) in [4.78, 5) is 25.5. The molecule has 35 heavy (non-hydrogen) atoms. The fourth-order valence-corrected chi connectivity index (χ4v) is 4.37. The molecule has 1 amide bonds. The maximum atomic E-state index is 13.3. The first kappa shape index (κ1) is 24.2. The summed E-state index contributed by atoms with van der Waals surface area (Å²) in [6.45, 7) is 6.08. The van der Waals surface area contributed by atoms with Crippen LogP contribution in [-0.4, -0.2) is 41.1 Å². The maximum absolute atomic E-state index is 13.3. The van der Waals surface area contributed by atoms with E-state index in [0.717, 1.165) is 36.1 Å². The maximum Gasteiger partial charge on any atom is 0.320 e. The molecule has 0 unspecified atom stereocenters. The first-order valence-electron chi connectivity index (χ1n) is 11.2. The summed E-state index contributed by atoms with van der Waals surface area (Å²) in [5, 5.41) is 16.4. The van der Waals surface area contributed by atoms with Gasteiger partial charge in [0.25, 0.3) is 12.1 Å². The lowest BCUT2D eigenvalue weighted by atomic mass is 10.1. The molecule has 9 nitrogen and oxygen atoms in total. The van der Waals surface area contributed by atoms with E-state index >= 15 is 0 Å². The Labute approximate surface area is 208 Å². The number of hydrogen-bond donors (Lipinski definition) is 0. The number of para-hydroxylation sites is 1. The van der Waals surface area contributed by atoms with Crippen molar-refractivity contribution in [3.8, 4) is 0 Å². The van der Waals surface area contributed by atoms with Crippen LogP contribution < -0.4 is 19.6 Å². The molecule has 0 saturated heterocycles. The Morgan fingerprint density at radius 1 is 1.17 bits per heavy atom. The number of hydrogen-bond acceptors (Lipinski definition) is 8. The number of thioether (sulfide) groups is 1. The van der Waals surface area contributed by atoms with Gasteiger partial charge in [0.05, 0.1) is 5.69 Å². The van der Waals surface area contributed by atoms with Crippen LogP contribution >= 0.6 is 11.8 Å². The van der Waals surface area contributed by atoms with Gasteiger partial charge in [-0.25, -0.2) is 9.98 Å². The van der Waals surface area contributed by atoms with Crippen LogP contribution in [0.5, 0.6) is 0 Å². The van der Waals surface area contributed by atoms with Gasteiger partial charge in [0, 0.05) is 24.5 Å². The molecule has 0 N–H and O–H groups in total. The number of anilines is 2. The highest BCUT2D eigenvalue weighted by Gasteiger charge is 2.31. The van der Waals surface area contributed by atoms with Gasteiger partial charge in [-0.05, 0) is 55.7 Å². The van der Waals surface area contributed by atoms with Crippen molar-refractivity contribution < 1.29 is 19.1 Å². The van der Waals surface area contributed by atoms with Crippen LogP contribution in [0.3, 0.4) is 0 Å². The van der Waals surface area contributed by atoms with Crippen molar-refractivity contribution in [2.45, 2.75) is 13.8 Å². The smallest absolute Gasteiger partial charge is 0.320 e. The molecule has 1 aromatic heterocycles. The SMILES string of the molecule is CCN(CC)c1ccc(/C=C2/N=C(SC/C([O-])=N/c3c[n+](C)no3)N(c3ccccc3)C2=O)cc1. The summed E-state index contributed by atoms with van der Waals surface area (Å²) >= 11 is 1.15. The molecule has 0 fully saturated rings. The molecule has 2 aromatic carbocycles. The Kier molecular flexibility index (Phi) is 7.61. The van der Waals surface area contributed by atoms with Crippen molar-refractivity contribution in [3.63, 3.8) is 0 Å². The van der Waals surface area contributed by atoms with Crippen molar-refractivity contribution in [2.24, 2.45) is 17.0 Å². The summed E-state index contributed by atoms with van der Waals surface area (Å²) in [7, 11) is 1.67. The number of benzene rings is 2. The Morgan fingerprint density at radius 3 is 2.51 bits per heavy atom. The molecule has 2 heterocycles. The third-order valence-electron chi connectivity index (χ3n) is 5.29. The minimum absolute atomic E-state index is 0.00823. The van der Waals surface area contributed by atoms with Gasteiger partial charge in [-0.15, -0.1) is 0 Å². The molecule has 0 spiro atoms. The quantitative estimate of drug-likeness (QED) is 0.208. The van der Waals surface area contributed by atoms with Crippen molar-refractivity contribution >= 4 is 52.1 Å². The van der Waals surface area contributed by atoms with Gasteiger partial charge >= 0.3 is 5.88 Å². The van der Waals surface area contributed by atoms with Gasteiger partial charge in [0.1, 0.15) is 5.70 Å². The molecule has 180 valence electrons. The van der Waals surface area contributed by atoms with E-state index in [2.05, 4.69) is 34.0 Å². The van der Waals surface area contributed by atoms with E-state index in [0.29, 0.717) is 16.6 Å². The zero-order valence-corrected chi connectivity index (χ0v) is 20.6. The monoisotopic (exact) mass is 490 g/mol. The number of amides is 1. The number of aryl methyl sites for hydroxylation is 1. The van der Waals surface area contributed by atoms with Crippen LogP contribution in [-0.2, 0) is 11.8 Å². The number of amidine groups is 1. The van der Waals surface area contributed by atoms with E-state index in [4.69, 9.17) is 4.52 Å². The highest BCUT2D eigenvalue weighted by atomic mass is 32.2. The predicted molar refractivity (Wildman–Crippen MR) is 137 cm³/mol. The first-order chi connectivity index (χ1) is 17.0. The van der Waals surface area contributed by atoms with E-state index < -0.39 is 5.90 Å². The normalized spacial score (nSPS) is 15.1. The molecule has 0 atom stereocenters. The predicted octanol–water partition coefficient (Wildman–Crippen LogP) is 2.91. The second-order valence-electron chi connectivity index (χ2n) is 7.67. The fraction of sp³-hybridized carbons (Fsp3) is 0.240. The van der Waals surface area contributed by atoms with Crippen LogP contribution in [0.2, 0.25) is 0 Å². The largest absolute Gasteiger partial charge is 0.861 e. The summed E-state index contributed by atoms with van der Waals surface area (Å²) in [5.74, 6) is -0.556. The fourth-order valence-electron chi connectivity index (χ4n) is 3.57. The third-order valence-corrected chi connectivity index (χ3v) is 6.21. The standard InChI is InChI=1S/C25H26N6O3S/c1-4-30(5-2)19-13-11-18(12-14-19)15-21-24(33)31(20-9-7-6-8-10-20)25(26-21)35-17-22(32)27-23-16-29(3)28-34-23/h6-16H,4-5,17H2,1-3H3/b21-15+. The molecule has 0 bridgehead atoms. The summed E-state index contributed by atoms with van der Waals surface area (Å²) in [6, 6.07) is 17.3. The summed E-state index contributed by atoms with van der Waals surface area (Å²) in [5.41, 5.74) is 2.98. The van der Waals surface area contributed by atoms with Gasteiger partial charge in [0.15, 0.2) is 17.5 Å². The van der Waals surface area contributed by atoms with E-state index in [-0.39, 0.29) is 17.5 Å². The number of aliphatic imine (C=N–C) groups is 2. The average Bonchev–Trinajstić information content (AvgIpc) is 3.42. The highest BCUT2D eigenvalue weighted by molar-refractivity contribution is 8.14. The third kappa shape index (κ3) is 5.78. The lowest BCUT2D eigenvalue weighted by Gasteiger charge is -2.20. The molecule has 0 radical (unpaired) electrons. The van der Waals surface area contributed by atoms with Gasteiger partial charge in [0.2, 0.25) is 0 Å². The summed E-state index contributed by atoms with van der Waals surface area (Å²) < 4.78 is 6.36. The van der Waals surface area contributed by atoms with Crippen molar-refractivity contribution in [3.05, 3.63) is 72.1 Å². The van der Waals surface area contributed by atoms with E-state index in [9.17, 15) is 9.90 Å². The molecular formula is C25H26N6O3S. The Bertz CT molecular complexity index is 1260. The second-order valence-corrected chi connectivity index (χ2v) is 8.61. The zero-order chi connectivity index (χ0) is 24.8. The zero-order valence-electron chi connectivity index (χ0n) is 19.8.